The number of carbonyl (C=O) groups is 1. The van der Waals surface area contributed by atoms with Crippen molar-refractivity contribution in [1.29, 1.82) is 0 Å². The highest BCUT2D eigenvalue weighted by Gasteiger charge is 2.12. The molecule has 0 spiro atoms. The van der Waals surface area contributed by atoms with Crippen LogP contribution in [0, 0.1) is 0 Å². The quantitative estimate of drug-likeness (QED) is 0.694. The molecule has 0 aliphatic rings. The highest BCUT2D eigenvalue weighted by atomic mass is 16.5. The number of carbonyl (C=O) groups excluding carboxylic acids is 1. The van der Waals surface area contributed by atoms with Crippen LogP contribution in [0.1, 0.15) is 11.1 Å². The van der Waals surface area contributed by atoms with E-state index < -0.39 is 0 Å². The Morgan fingerprint density at radius 1 is 0.750 bits per heavy atom. The van der Waals surface area contributed by atoms with Crippen molar-refractivity contribution < 1.29 is 24.5 Å². The van der Waals surface area contributed by atoms with Gasteiger partial charge < -0.3 is 19.7 Å². The van der Waals surface area contributed by atoms with Crippen molar-refractivity contribution in [2.45, 2.75) is 12.8 Å². The second-order valence-electron chi connectivity index (χ2n) is 5.25. The van der Waals surface area contributed by atoms with Crippen LogP contribution in [-0.4, -0.2) is 42.4 Å². The lowest BCUT2D eigenvalue weighted by molar-refractivity contribution is -0.117. The second kappa shape index (κ2) is 9.70. The Morgan fingerprint density at radius 3 is 1.58 bits per heavy atom. The standard InChI is InChI=1S/C19H22O5/c20-9-11-23-18-7-3-1-5-15(18)13-17(22)14-16-6-2-4-8-19(16)24-12-10-21/h1-8,20-21H,9-14H2. The third kappa shape index (κ3) is 5.37. The molecule has 0 amide bonds. The van der Waals surface area contributed by atoms with Gasteiger partial charge in [0.25, 0.3) is 0 Å². The molecule has 0 unspecified atom stereocenters. The molecule has 0 bridgehead atoms. The van der Waals surface area contributed by atoms with Gasteiger partial charge in [-0.25, -0.2) is 0 Å². The number of Topliss-reactive ketones (excluding diaryl/α,β-unsaturated/α-hetero) is 1. The van der Waals surface area contributed by atoms with Crippen molar-refractivity contribution in [3.63, 3.8) is 0 Å². The molecule has 5 nitrogen and oxygen atoms in total. The molecule has 128 valence electrons. The Hall–Kier alpha value is -2.37. The smallest absolute Gasteiger partial charge is 0.141 e. The Bertz CT molecular complexity index is 598. The van der Waals surface area contributed by atoms with Crippen molar-refractivity contribution in [3.8, 4) is 11.5 Å². The topological polar surface area (TPSA) is 76.0 Å². The van der Waals surface area contributed by atoms with Crippen molar-refractivity contribution >= 4 is 5.78 Å². The van der Waals surface area contributed by atoms with E-state index in [0.717, 1.165) is 11.1 Å². The molecule has 0 atom stereocenters. The number of para-hydroxylation sites is 2. The predicted octanol–water partition coefficient (Wildman–Crippen LogP) is 1.78. The van der Waals surface area contributed by atoms with Gasteiger partial charge in [-0.2, -0.15) is 0 Å². The van der Waals surface area contributed by atoms with Gasteiger partial charge in [-0.1, -0.05) is 36.4 Å². The summed E-state index contributed by atoms with van der Waals surface area (Å²) in [5.74, 6) is 1.27. The average Bonchev–Trinajstić information content (AvgIpc) is 2.60. The third-order valence-electron chi connectivity index (χ3n) is 3.42. The molecule has 0 aliphatic heterocycles. The molecule has 0 aliphatic carbocycles. The summed E-state index contributed by atoms with van der Waals surface area (Å²) >= 11 is 0. The van der Waals surface area contributed by atoms with E-state index in [1.165, 1.54) is 0 Å². The third-order valence-corrected chi connectivity index (χ3v) is 3.42. The maximum atomic E-state index is 12.4. The van der Waals surface area contributed by atoms with Crippen LogP contribution in [0.15, 0.2) is 48.5 Å². The van der Waals surface area contributed by atoms with Gasteiger partial charge in [-0.05, 0) is 12.1 Å². The van der Waals surface area contributed by atoms with E-state index >= 15 is 0 Å². The molecule has 0 heterocycles. The fraction of sp³-hybridized carbons (Fsp3) is 0.316. The minimum absolute atomic E-state index is 0.0371. The molecule has 0 aromatic heterocycles. The monoisotopic (exact) mass is 330 g/mol. The first kappa shape index (κ1) is 18.0. The fourth-order valence-corrected chi connectivity index (χ4v) is 2.38. The number of ketones is 1. The summed E-state index contributed by atoms with van der Waals surface area (Å²) < 4.78 is 10.9. The average molecular weight is 330 g/mol. The second-order valence-corrected chi connectivity index (χ2v) is 5.25. The number of rotatable bonds is 10. The molecule has 24 heavy (non-hydrogen) atoms. The van der Waals surface area contributed by atoms with Crippen LogP contribution < -0.4 is 9.47 Å². The highest BCUT2D eigenvalue weighted by Crippen LogP contribution is 2.22. The SMILES string of the molecule is O=C(Cc1ccccc1OCCO)Cc1ccccc1OCCO. The summed E-state index contributed by atoms with van der Waals surface area (Å²) in [7, 11) is 0. The normalized spacial score (nSPS) is 10.4. The maximum absolute atomic E-state index is 12.4. The van der Waals surface area contributed by atoms with Crippen LogP contribution in [-0.2, 0) is 17.6 Å². The van der Waals surface area contributed by atoms with Crippen molar-refractivity contribution in [2.75, 3.05) is 26.4 Å². The zero-order valence-corrected chi connectivity index (χ0v) is 13.5. The molecule has 0 saturated heterocycles. The van der Waals surface area contributed by atoms with E-state index in [2.05, 4.69) is 0 Å². The number of aliphatic hydroxyl groups excluding tert-OH is 2. The van der Waals surface area contributed by atoms with Gasteiger partial charge in [0.15, 0.2) is 0 Å². The van der Waals surface area contributed by atoms with Crippen LogP contribution in [0.25, 0.3) is 0 Å². The summed E-state index contributed by atoms with van der Waals surface area (Å²) in [6, 6.07) is 14.6. The molecule has 0 saturated carbocycles. The van der Waals surface area contributed by atoms with Gasteiger partial charge in [0.2, 0.25) is 0 Å². The highest BCUT2D eigenvalue weighted by molar-refractivity contribution is 5.84. The van der Waals surface area contributed by atoms with Gasteiger partial charge in [-0.3, -0.25) is 4.79 Å². The van der Waals surface area contributed by atoms with Crippen LogP contribution in [0.5, 0.6) is 11.5 Å². The lowest BCUT2D eigenvalue weighted by Crippen LogP contribution is -2.11. The molecule has 2 aromatic carbocycles. The minimum atomic E-state index is -0.0716. The zero-order valence-electron chi connectivity index (χ0n) is 13.5. The number of ether oxygens (including phenoxy) is 2. The van der Waals surface area contributed by atoms with Crippen molar-refractivity contribution in [2.24, 2.45) is 0 Å². The zero-order chi connectivity index (χ0) is 17.2. The van der Waals surface area contributed by atoms with Gasteiger partial charge >= 0.3 is 0 Å². The van der Waals surface area contributed by atoms with Gasteiger partial charge in [0.05, 0.1) is 13.2 Å². The van der Waals surface area contributed by atoms with E-state index in [-0.39, 0.29) is 45.1 Å². The van der Waals surface area contributed by atoms with E-state index in [1.807, 2.05) is 36.4 Å². The molecular weight excluding hydrogens is 308 g/mol. The number of hydrogen-bond acceptors (Lipinski definition) is 5. The Labute approximate surface area is 141 Å². The molecular formula is C19H22O5. The molecule has 2 rings (SSSR count). The fourth-order valence-electron chi connectivity index (χ4n) is 2.38. The lowest BCUT2D eigenvalue weighted by atomic mass is 10.0. The lowest BCUT2D eigenvalue weighted by Gasteiger charge is -2.12. The molecule has 5 heteroatoms. The number of hydrogen-bond donors (Lipinski definition) is 2. The summed E-state index contributed by atoms with van der Waals surface area (Å²) in [4.78, 5) is 12.4. The van der Waals surface area contributed by atoms with Crippen LogP contribution in [0.3, 0.4) is 0 Å². The van der Waals surface area contributed by atoms with E-state index in [0.29, 0.717) is 11.5 Å². The largest absolute Gasteiger partial charge is 0.491 e. The van der Waals surface area contributed by atoms with Crippen LogP contribution in [0.4, 0.5) is 0 Å². The van der Waals surface area contributed by atoms with E-state index in [4.69, 9.17) is 19.7 Å². The Balaban J connectivity index is 2.04. The van der Waals surface area contributed by atoms with Gasteiger partial charge in [0, 0.05) is 24.0 Å². The van der Waals surface area contributed by atoms with E-state index in [9.17, 15) is 4.79 Å². The predicted molar refractivity (Wildman–Crippen MR) is 90.5 cm³/mol. The summed E-state index contributed by atoms with van der Waals surface area (Å²) in [6.07, 6.45) is 0.492. The maximum Gasteiger partial charge on any atom is 0.141 e. The molecule has 2 N–H and O–H groups in total. The van der Waals surface area contributed by atoms with Gasteiger partial charge in [0.1, 0.15) is 30.5 Å². The molecule has 2 aromatic rings. The van der Waals surface area contributed by atoms with Crippen LogP contribution in [0.2, 0.25) is 0 Å². The number of benzene rings is 2. The Morgan fingerprint density at radius 2 is 1.17 bits per heavy atom. The first-order valence-electron chi connectivity index (χ1n) is 7.89. The summed E-state index contributed by atoms with van der Waals surface area (Å²) in [5.41, 5.74) is 1.59. The first-order chi connectivity index (χ1) is 11.7. The molecule has 0 fully saturated rings. The van der Waals surface area contributed by atoms with Crippen LogP contribution >= 0.6 is 0 Å². The summed E-state index contributed by atoms with van der Waals surface area (Å²) in [5, 5.41) is 17.7. The number of aliphatic hydroxyl groups is 2. The van der Waals surface area contributed by atoms with Gasteiger partial charge in [-0.15, -0.1) is 0 Å². The molecule has 0 radical (unpaired) electrons. The van der Waals surface area contributed by atoms with Crippen molar-refractivity contribution in [1.82, 2.24) is 0 Å². The summed E-state index contributed by atoms with van der Waals surface area (Å²) in [6.45, 7) is 0.252. The van der Waals surface area contributed by atoms with E-state index in [1.54, 1.807) is 12.1 Å². The Kier molecular flexibility index (Phi) is 7.26. The van der Waals surface area contributed by atoms with Crippen molar-refractivity contribution in [3.05, 3.63) is 59.7 Å². The first-order valence-corrected chi connectivity index (χ1v) is 7.89. The minimum Gasteiger partial charge on any atom is -0.491 e.